The van der Waals surface area contributed by atoms with E-state index in [0.29, 0.717) is 16.4 Å². The van der Waals surface area contributed by atoms with Gasteiger partial charge in [-0.3, -0.25) is 0 Å². The van der Waals surface area contributed by atoms with E-state index >= 15 is 0 Å². The van der Waals surface area contributed by atoms with E-state index in [0.717, 1.165) is 0 Å². The molecule has 11 heavy (non-hydrogen) atoms. The number of rotatable bonds is 1. The van der Waals surface area contributed by atoms with Crippen molar-refractivity contribution >= 4 is 23.0 Å². The average molecular weight is 173 g/mol. The molecule has 1 aromatic rings. The molecule has 0 aliphatic rings. The molecule has 0 bridgehead atoms. The first-order valence-corrected chi connectivity index (χ1v) is 3.55. The summed E-state index contributed by atoms with van der Waals surface area (Å²) in [5, 5.41) is 11.4. The van der Waals surface area contributed by atoms with Crippen molar-refractivity contribution in [3.63, 3.8) is 0 Å². The Balaban J connectivity index is 3.09. The number of nitrogens with two attached hydrogens (primary N) is 1. The van der Waals surface area contributed by atoms with Gasteiger partial charge in [0, 0.05) is 11.1 Å². The van der Waals surface area contributed by atoms with Crippen LogP contribution in [-0.4, -0.2) is 7.05 Å². The van der Waals surface area contributed by atoms with E-state index in [2.05, 4.69) is 0 Å². The molecule has 0 radical (unpaired) electrons. The van der Waals surface area contributed by atoms with Crippen molar-refractivity contribution in [3.8, 4) is 0 Å². The number of halogens is 1. The number of quaternary nitrogens is 1. The van der Waals surface area contributed by atoms with E-state index in [1.165, 1.54) is 7.05 Å². The topological polar surface area (TPSA) is 53.5 Å². The van der Waals surface area contributed by atoms with Crippen LogP contribution < -0.4 is 10.8 Å². The standard InChI is InChI=1S/C7H9ClN2O/c1-10(11)7-3-2-5(8)4-6(7)9/h2-4,10H,9H2,1H3. The predicted octanol–water partition coefficient (Wildman–Crippen LogP) is 0.566. The zero-order valence-electron chi connectivity index (χ0n) is 6.10. The zero-order valence-corrected chi connectivity index (χ0v) is 6.85. The van der Waals surface area contributed by atoms with Gasteiger partial charge in [0.2, 0.25) is 0 Å². The van der Waals surface area contributed by atoms with Gasteiger partial charge < -0.3 is 16.0 Å². The third kappa shape index (κ3) is 1.83. The highest BCUT2D eigenvalue weighted by molar-refractivity contribution is 6.30. The molecule has 0 amide bonds. The minimum Gasteiger partial charge on any atom is -0.629 e. The van der Waals surface area contributed by atoms with Gasteiger partial charge in [0.1, 0.15) is 0 Å². The van der Waals surface area contributed by atoms with Crippen LogP contribution >= 0.6 is 11.6 Å². The number of hydrogen-bond acceptors (Lipinski definition) is 2. The molecule has 1 aromatic carbocycles. The molecule has 4 heteroatoms. The molecule has 0 spiro atoms. The van der Waals surface area contributed by atoms with Gasteiger partial charge in [-0.1, -0.05) is 11.6 Å². The Labute approximate surface area is 69.9 Å². The summed E-state index contributed by atoms with van der Waals surface area (Å²) in [6.07, 6.45) is 0. The van der Waals surface area contributed by atoms with E-state index in [-0.39, 0.29) is 5.06 Å². The lowest BCUT2D eigenvalue weighted by atomic mass is 10.3. The van der Waals surface area contributed by atoms with E-state index in [4.69, 9.17) is 17.3 Å². The molecule has 0 heterocycles. The monoisotopic (exact) mass is 172 g/mol. The fraction of sp³-hybridized carbons (Fsp3) is 0.143. The van der Waals surface area contributed by atoms with Gasteiger partial charge in [-0.15, -0.1) is 0 Å². The molecule has 60 valence electrons. The Morgan fingerprint density at radius 2 is 2.18 bits per heavy atom. The second-order valence-electron chi connectivity index (χ2n) is 2.29. The van der Waals surface area contributed by atoms with Crippen molar-refractivity contribution < 1.29 is 5.06 Å². The molecule has 0 fully saturated rings. The van der Waals surface area contributed by atoms with Crippen molar-refractivity contribution in [1.29, 1.82) is 0 Å². The third-order valence-electron chi connectivity index (χ3n) is 1.39. The summed E-state index contributed by atoms with van der Waals surface area (Å²) in [7, 11) is 1.47. The van der Waals surface area contributed by atoms with Crippen LogP contribution in [0.15, 0.2) is 18.2 Å². The SMILES string of the molecule is C[NH+]([O-])c1ccc(Cl)cc1N. The largest absolute Gasteiger partial charge is 0.629 e. The lowest BCUT2D eigenvalue weighted by molar-refractivity contribution is -0.750. The second kappa shape index (κ2) is 3.09. The molecule has 1 atom stereocenters. The Morgan fingerprint density at radius 1 is 1.55 bits per heavy atom. The molecular formula is C7H9ClN2O. The van der Waals surface area contributed by atoms with Crippen LogP contribution in [-0.2, 0) is 0 Å². The first-order chi connectivity index (χ1) is 5.11. The highest BCUT2D eigenvalue weighted by atomic mass is 35.5. The highest BCUT2D eigenvalue weighted by Gasteiger charge is 2.02. The number of nitrogens with one attached hydrogen (secondary N) is 1. The maximum Gasteiger partial charge on any atom is 0.154 e. The van der Waals surface area contributed by atoms with Crippen LogP contribution in [0.4, 0.5) is 11.4 Å². The molecule has 0 aromatic heterocycles. The number of benzene rings is 1. The lowest BCUT2D eigenvalue weighted by Crippen LogP contribution is -2.98. The number of nitrogen functional groups attached to an aromatic ring is 1. The molecule has 3 nitrogen and oxygen atoms in total. The van der Waals surface area contributed by atoms with Gasteiger partial charge in [0.25, 0.3) is 0 Å². The minimum absolute atomic E-state index is 0.0424. The van der Waals surface area contributed by atoms with Gasteiger partial charge in [0.05, 0.1) is 12.7 Å². The normalized spacial score (nSPS) is 13.0. The van der Waals surface area contributed by atoms with E-state index in [1.807, 2.05) is 0 Å². The molecule has 3 N–H and O–H groups in total. The summed E-state index contributed by atoms with van der Waals surface area (Å²) < 4.78 is 0. The van der Waals surface area contributed by atoms with Crippen LogP contribution in [0.1, 0.15) is 0 Å². The third-order valence-corrected chi connectivity index (χ3v) is 1.63. The van der Waals surface area contributed by atoms with Crippen LogP contribution in [0.25, 0.3) is 0 Å². The van der Waals surface area contributed by atoms with Crippen LogP contribution in [0, 0.1) is 5.21 Å². The maximum absolute atomic E-state index is 10.9. The summed E-state index contributed by atoms with van der Waals surface area (Å²) in [6, 6.07) is 4.84. The first kappa shape index (κ1) is 8.33. The van der Waals surface area contributed by atoms with E-state index < -0.39 is 0 Å². The van der Waals surface area contributed by atoms with Gasteiger partial charge in [0.15, 0.2) is 5.69 Å². The minimum atomic E-state index is -0.0424. The fourth-order valence-electron chi connectivity index (χ4n) is 0.854. The summed E-state index contributed by atoms with van der Waals surface area (Å²) >= 11 is 5.63. The maximum atomic E-state index is 10.9. The van der Waals surface area contributed by atoms with E-state index in [1.54, 1.807) is 18.2 Å². The molecule has 0 aliphatic carbocycles. The average Bonchev–Trinajstić information content (AvgIpc) is 1.85. The Kier molecular flexibility index (Phi) is 2.34. The molecular weight excluding hydrogens is 164 g/mol. The quantitative estimate of drug-likeness (QED) is 0.481. The number of anilines is 1. The molecule has 0 aliphatic heterocycles. The lowest BCUT2D eigenvalue weighted by Gasteiger charge is -2.16. The van der Waals surface area contributed by atoms with Crippen LogP contribution in [0.3, 0.4) is 0 Å². The first-order valence-electron chi connectivity index (χ1n) is 3.17. The summed E-state index contributed by atoms with van der Waals surface area (Å²) in [5.41, 5.74) is 6.47. The summed E-state index contributed by atoms with van der Waals surface area (Å²) in [4.78, 5) is 0. The fourth-order valence-corrected chi connectivity index (χ4v) is 1.03. The van der Waals surface area contributed by atoms with Crippen molar-refractivity contribution in [1.82, 2.24) is 0 Å². The van der Waals surface area contributed by atoms with Crippen molar-refractivity contribution in [3.05, 3.63) is 28.4 Å². The van der Waals surface area contributed by atoms with Crippen molar-refractivity contribution in [2.45, 2.75) is 0 Å². The Hall–Kier alpha value is -0.770. The van der Waals surface area contributed by atoms with Gasteiger partial charge in [-0.25, -0.2) is 0 Å². The van der Waals surface area contributed by atoms with Gasteiger partial charge in [-0.2, -0.15) is 0 Å². The van der Waals surface area contributed by atoms with Crippen molar-refractivity contribution in [2.24, 2.45) is 0 Å². The number of hydrogen-bond donors (Lipinski definition) is 2. The Morgan fingerprint density at radius 3 is 2.64 bits per heavy atom. The second-order valence-corrected chi connectivity index (χ2v) is 2.72. The number of hydroxylamine groups is 1. The molecule has 0 saturated heterocycles. The van der Waals surface area contributed by atoms with Crippen LogP contribution in [0.2, 0.25) is 5.02 Å². The molecule has 0 saturated carbocycles. The molecule has 1 unspecified atom stereocenters. The molecule has 1 rings (SSSR count). The van der Waals surface area contributed by atoms with E-state index in [9.17, 15) is 5.21 Å². The predicted molar refractivity (Wildman–Crippen MR) is 45.8 cm³/mol. The zero-order chi connectivity index (χ0) is 8.43. The van der Waals surface area contributed by atoms with Gasteiger partial charge >= 0.3 is 0 Å². The van der Waals surface area contributed by atoms with Crippen LogP contribution in [0.5, 0.6) is 0 Å². The Bertz CT molecular complexity index is 263. The summed E-state index contributed by atoms with van der Waals surface area (Å²) in [5.74, 6) is 0. The summed E-state index contributed by atoms with van der Waals surface area (Å²) in [6.45, 7) is 0. The smallest absolute Gasteiger partial charge is 0.154 e. The van der Waals surface area contributed by atoms with Crippen molar-refractivity contribution in [2.75, 3.05) is 12.8 Å². The van der Waals surface area contributed by atoms with Gasteiger partial charge in [-0.05, 0) is 12.1 Å². The highest BCUT2D eigenvalue weighted by Crippen LogP contribution is 2.18.